The van der Waals surface area contributed by atoms with Gasteiger partial charge < -0.3 is 28.8 Å². The van der Waals surface area contributed by atoms with Crippen LogP contribution >= 0.6 is 15.9 Å². The first-order valence-corrected chi connectivity index (χ1v) is 8.09. The van der Waals surface area contributed by atoms with Crippen molar-refractivity contribution in [2.75, 3.05) is 78.0 Å². The number of rotatable bonds is 17. The molecule has 0 aliphatic carbocycles. The van der Waals surface area contributed by atoms with Crippen LogP contribution in [0.1, 0.15) is 6.42 Å². The molecule has 0 saturated heterocycles. The Morgan fingerprint density at radius 3 is 1.25 bits per heavy atom. The summed E-state index contributed by atoms with van der Waals surface area (Å²) in [6.07, 6.45) is 1.02. The monoisotopic (exact) mass is 358 g/mol. The van der Waals surface area contributed by atoms with E-state index in [0.29, 0.717) is 59.5 Å². The van der Waals surface area contributed by atoms with E-state index in [4.69, 9.17) is 28.8 Å². The summed E-state index contributed by atoms with van der Waals surface area (Å²) < 4.78 is 26.3. The quantitative estimate of drug-likeness (QED) is 0.307. The first kappa shape index (κ1) is 20.2. The van der Waals surface area contributed by atoms with Gasteiger partial charge in [0, 0.05) is 11.9 Å². The first-order chi connectivity index (χ1) is 9.91. The van der Waals surface area contributed by atoms with E-state index < -0.39 is 0 Å². The van der Waals surface area contributed by atoms with Crippen molar-refractivity contribution in [3.05, 3.63) is 0 Å². The summed E-state index contributed by atoms with van der Waals surface area (Å²) in [6.45, 7) is 5.64. The minimum Gasteiger partial charge on any atom is -0.394 e. The molecule has 0 aromatic heterocycles. The van der Waals surface area contributed by atoms with Gasteiger partial charge in [-0.3, -0.25) is 0 Å². The van der Waals surface area contributed by atoms with Gasteiger partial charge in [-0.25, -0.2) is 0 Å². The van der Waals surface area contributed by atoms with Crippen molar-refractivity contribution in [2.45, 2.75) is 6.42 Å². The average molecular weight is 359 g/mol. The van der Waals surface area contributed by atoms with E-state index in [1.807, 2.05) is 0 Å². The van der Waals surface area contributed by atoms with Crippen LogP contribution in [0.25, 0.3) is 0 Å². The molecule has 0 amide bonds. The lowest BCUT2D eigenvalue weighted by Gasteiger charge is -2.07. The van der Waals surface area contributed by atoms with Crippen LogP contribution in [0.15, 0.2) is 0 Å². The maximum atomic E-state index is 8.47. The second-order valence-electron chi connectivity index (χ2n) is 3.83. The molecule has 0 bridgehead atoms. The zero-order valence-corrected chi connectivity index (χ0v) is 13.6. The first-order valence-electron chi connectivity index (χ1n) is 6.97. The molecule has 0 aliphatic heterocycles. The number of hydrogen-bond donors (Lipinski definition) is 1. The number of hydrogen-bond acceptors (Lipinski definition) is 6. The molecule has 0 unspecified atom stereocenters. The Bertz CT molecular complexity index is 155. The standard InChI is InChI=1S/C13H27BrO6/c14-2-1-4-16-6-8-18-10-12-20-13-11-19-9-7-17-5-3-15/h15H,1-13H2. The van der Waals surface area contributed by atoms with Crippen LogP contribution in [0.4, 0.5) is 0 Å². The summed E-state index contributed by atoms with van der Waals surface area (Å²) >= 11 is 3.34. The fraction of sp³-hybridized carbons (Fsp3) is 1.00. The van der Waals surface area contributed by atoms with Gasteiger partial charge in [-0.05, 0) is 6.42 Å². The van der Waals surface area contributed by atoms with Crippen molar-refractivity contribution in [1.82, 2.24) is 0 Å². The molecule has 1 N–H and O–H groups in total. The molecule has 0 rings (SSSR count). The fourth-order valence-corrected chi connectivity index (χ4v) is 1.43. The summed E-state index contributed by atoms with van der Waals surface area (Å²) in [7, 11) is 0. The Kier molecular flexibility index (Phi) is 19.5. The molecule has 0 aliphatic rings. The van der Waals surface area contributed by atoms with E-state index in [1.54, 1.807) is 0 Å². The lowest BCUT2D eigenvalue weighted by Crippen LogP contribution is -2.13. The predicted octanol–water partition coefficient (Wildman–Crippen LogP) is 0.847. The molecule has 0 radical (unpaired) electrons. The van der Waals surface area contributed by atoms with Crippen LogP contribution in [0.2, 0.25) is 0 Å². The van der Waals surface area contributed by atoms with Gasteiger partial charge in [-0.15, -0.1) is 0 Å². The van der Waals surface area contributed by atoms with Gasteiger partial charge >= 0.3 is 0 Å². The van der Waals surface area contributed by atoms with Crippen LogP contribution in [0, 0.1) is 0 Å². The lowest BCUT2D eigenvalue weighted by atomic mass is 10.5. The second-order valence-corrected chi connectivity index (χ2v) is 4.62. The van der Waals surface area contributed by atoms with Gasteiger partial charge in [0.1, 0.15) is 0 Å². The minimum atomic E-state index is 0.0463. The fourth-order valence-electron chi connectivity index (χ4n) is 1.20. The van der Waals surface area contributed by atoms with Crippen molar-refractivity contribution < 1.29 is 28.8 Å². The SMILES string of the molecule is OCCOCCOCCOCCOCCOCCCBr. The highest BCUT2D eigenvalue weighted by atomic mass is 79.9. The van der Waals surface area contributed by atoms with E-state index in [9.17, 15) is 0 Å². The summed E-state index contributed by atoms with van der Waals surface area (Å²) in [5.74, 6) is 0. The third-order valence-corrected chi connectivity index (χ3v) is 2.71. The molecule has 0 aromatic carbocycles. The van der Waals surface area contributed by atoms with Crippen LogP contribution in [-0.2, 0) is 23.7 Å². The van der Waals surface area contributed by atoms with Crippen molar-refractivity contribution in [1.29, 1.82) is 0 Å². The van der Waals surface area contributed by atoms with Gasteiger partial charge in [-0.2, -0.15) is 0 Å². The largest absolute Gasteiger partial charge is 0.394 e. The number of aliphatic hydroxyl groups excluding tert-OH is 1. The van der Waals surface area contributed by atoms with Crippen molar-refractivity contribution >= 4 is 15.9 Å². The number of halogens is 1. The number of alkyl halides is 1. The summed E-state index contributed by atoms with van der Waals surface area (Å²) in [6, 6.07) is 0. The molecule has 0 atom stereocenters. The molecule has 0 aromatic rings. The summed E-state index contributed by atoms with van der Waals surface area (Å²) in [5.41, 5.74) is 0. The molecule has 7 heteroatoms. The maximum absolute atomic E-state index is 8.47. The highest BCUT2D eigenvalue weighted by Crippen LogP contribution is 1.89. The molecular weight excluding hydrogens is 332 g/mol. The Balaban J connectivity index is 2.89. The summed E-state index contributed by atoms with van der Waals surface area (Å²) in [4.78, 5) is 0. The third-order valence-electron chi connectivity index (χ3n) is 2.15. The van der Waals surface area contributed by atoms with E-state index >= 15 is 0 Å². The van der Waals surface area contributed by atoms with Crippen molar-refractivity contribution in [2.24, 2.45) is 0 Å². The highest BCUT2D eigenvalue weighted by molar-refractivity contribution is 9.09. The predicted molar refractivity (Wildman–Crippen MR) is 79.6 cm³/mol. The van der Waals surface area contributed by atoms with Crippen molar-refractivity contribution in [3.63, 3.8) is 0 Å². The van der Waals surface area contributed by atoms with Gasteiger partial charge in [0.05, 0.1) is 66.1 Å². The van der Waals surface area contributed by atoms with Crippen LogP contribution in [0.3, 0.4) is 0 Å². The van der Waals surface area contributed by atoms with E-state index in [1.165, 1.54) is 0 Å². The molecule has 0 saturated carbocycles. The Morgan fingerprint density at radius 1 is 0.550 bits per heavy atom. The minimum absolute atomic E-state index is 0.0463. The van der Waals surface area contributed by atoms with Crippen LogP contribution in [0.5, 0.6) is 0 Å². The van der Waals surface area contributed by atoms with Crippen LogP contribution < -0.4 is 0 Å². The highest BCUT2D eigenvalue weighted by Gasteiger charge is 1.93. The number of ether oxygens (including phenoxy) is 5. The van der Waals surface area contributed by atoms with E-state index in [2.05, 4.69) is 15.9 Å². The summed E-state index contributed by atoms with van der Waals surface area (Å²) in [5, 5.41) is 9.44. The van der Waals surface area contributed by atoms with Gasteiger partial charge in [-0.1, -0.05) is 15.9 Å². The normalized spacial score (nSPS) is 11.1. The third kappa shape index (κ3) is 18.2. The smallest absolute Gasteiger partial charge is 0.0701 e. The lowest BCUT2D eigenvalue weighted by molar-refractivity contribution is -0.0131. The Hall–Kier alpha value is 0.240. The molecule has 6 nitrogen and oxygen atoms in total. The number of aliphatic hydroxyl groups is 1. The van der Waals surface area contributed by atoms with Gasteiger partial charge in [0.25, 0.3) is 0 Å². The molecule has 122 valence electrons. The Labute approximate surface area is 129 Å². The van der Waals surface area contributed by atoms with Gasteiger partial charge in [0.15, 0.2) is 0 Å². The van der Waals surface area contributed by atoms with E-state index in [-0.39, 0.29) is 6.61 Å². The van der Waals surface area contributed by atoms with E-state index in [0.717, 1.165) is 18.4 Å². The zero-order chi connectivity index (χ0) is 14.7. The molecule has 0 spiro atoms. The topological polar surface area (TPSA) is 66.4 Å². The maximum Gasteiger partial charge on any atom is 0.0701 e. The van der Waals surface area contributed by atoms with Crippen LogP contribution in [-0.4, -0.2) is 83.1 Å². The zero-order valence-electron chi connectivity index (χ0n) is 12.1. The van der Waals surface area contributed by atoms with Gasteiger partial charge in [0.2, 0.25) is 0 Å². The molecule has 0 fully saturated rings. The molecule has 20 heavy (non-hydrogen) atoms. The second kappa shape index (κ2) is 19.2. The van der Waals surface area contributed by atoms with Crippen molar-refractivity contribution in [3.8, 4) is 0 Å². The molecule has 0 heterocycles. The molecular formula is C13H27BrO6. The Morgan fingerprint density at radius 2 is 0.900 bits per heavy atom. The average Bonchev–Trinajstić information content (AvgIpc) is 2.47.